The van der Waals surface area contributed by atoms with Crippen molar-refractivity contribution in [1.29, 1.82) is 5.26 Å². The number of rotatable bonds is 1. The lowest BCUT2D eigenvalue weighted by Crippen LogP contribution is -1.88. The summed E-state index contributed by atoms with van der Waals surface area (Å²) in [5.41, 5.74) is 1.55. The molecule has 1 rings (SSSR count). The van der Waals surface area contributed by atoms with Gasteiger partial charge in [-0.3, -0.25) is 0 Å². The van der Waals surface area contributed by atoms with E-state index < -0.39 is 0 Å². The van der Waals surface area contributed by atoms with Crippen molar-refractivity contribution in [2.24, 2.45) is 17.3 Å². The van der Waals surface area contributed by atoms with Crippen LogP contribution in [-0.2, 0) is 0 Å². The van der Waals surface area contributed by atoms with Crippen LogP contribution in [0.2, 0.25) is 0 Å². The summed E-state index contributed by atoms with van der Waals surface area (Å²) in [7, 11) is 0. The lowest BCUT2D eigenvalue weighted by molar-refractivity contribution is 0.588. The highest BCUT2D eigenvalue weighted by atomic mass is 14.6. The van der Waals surface area contributed by atoms with Crippen molar-refractivity contribution in [2.75, 3.05) is 0 Å². The van der Waals surface area contributed by atoms with Crippen LogP contribution < -0.4 is 0 Å². The molecule has 0 amide bonds. The summed E-state index contributed by atoms with van der Waals surface area (Å²) in [6.45, 7) is 8.49. The molecule has 1 saturated carbocycles. The maximum Gasteiger partial charge on any atom is 0.0668 e. The average molecular weight is 149 g/mol. The first-order chi connectivity index (χ1) is 5.00. The summed E-state index contributed by atoms with van der Waals surface area (Å²) in [4.78, 5) is 0. The first kappa shape index (κ1) is 8.33. The van der Waals surface area contributed by atoms with Crippen molar-refractivity contribution in [3.05, 3.63) is 11.6 Å². The molecule has 60 valence electrons. The Balaban J connectivity index is 2.69. The van der Waals surface area contributed by atoms with E-state index in [4.69, 9.17) is 5.26 Å². The van der Waals surface area contributed by atoms with E-state index in [-0.39, 0.29) is 11.3 Å². The Labute approximate surface area is 68.7 Å². The second-order valence-corrected chi connectivity index (χ2v) is 4.20. The topological polar surface area (TPSA) is 23.8 Å². The van der Waals surface area contributed by atoms with Gasteiger partial charge in [-0.1, -0.05) is 25.5 Å². The summed E-state index contributed by atoms with van der Waals surface area (Å²) in [5, 5.41) is 8.75. The standard InChI is InChI=1S/C10H15N/c1-7(2)5-8-9(6-11)10(8,3)4/h5,8-9H,1-4H3/t8-,9-/m1/s1. The summed E-state index contributed by atoms with van der Waals surface area (Å²) < 4.78 is 0. The Morgan fingerprint density at radius 1 is 1.45 bits per heavy atom. The molecule has 0 spiro atoms. The van der Waals surface area contributed by atoms with E-state index >= 15 is 0 Å². The molecule has 1 aliphatic rings. The van der Waals surface area contributed by atoms with Crippen LogP contribution in [0.5, 0.6) is 0 Å². The van der Waals surface area contributed by atoms with Crippen LogP contribution >= 0.6 is 0 Å². The van der Waals surface area contributed by atoms with Gasteiger partial charge in [-0.05, 0) is 25.2 Å². The van der Waals surface area contributed by atoms with Gasteiger partial charge in [-0.15, -0.1) is 0 Å². The van der Waals surface area contributed by atoms with Gasteiger partial charge in [0.25, 0.3) is 0 Å². The normalized spacial score (nSPS) is 32.3. The van der Waals surface area contributed by atoms with E-state index in [2.05, 4.69) is 39.8 Å². The van der Waals surface area contributed by atoms with Crippen molar-refractivity contribution in [3.8, 4) is 6.07 Å². The average Bonchev–Trinajstić information content (AvgIpc) is 2.33. The van der Waals surface area contributed by atoms with Gasteiger partial charge in [0, 0.05) is 0 Å². The fraction of sp³-hybridized carbons (Fsp3) is 0.700. The molecule has 0 N–H and O–H groups in total. The molecule has 11 heavy (non-hydrogen) atoms. The largest absolute Gasteiger partial charge is 0.198 e. The summed E-state index contributed by atoms with van der Waals surface area (Å²) >= 11 is 0. The molecular weight excluding hydrogens is 134 g/mol. The van der Waals surface area contributed by atoms with Crippen LogP contribution in [-0.4, -0.2) is 0 Å². The van der Waals surface area contributed by atoms with Crippen molar-refractivity contribution in [2.45, 2.75) is 27.7 Å². The number of hydrogen-bond donors (Lipinski definition) is 0. The Kier molecular flexibility index (Phi) is 1.80. The smallest absolute Gasteiger partial charge is 0.0668 e. The Morgan fingerprint density at radius 3 is 2.27 bits per heavy atom. The zero-order valence-corrected chi connectivity index (χ0v) is 7.68. The number of hydrogen-bond acceptors (Lipinski definition) is 1. The van der Waals surface area contributed by atoms with Crippen molar-refractivity contribution in [1.82, 2.24) is 0 Å². The highest BCUT2D eigenvalue weighted by molar-refractivity contribution is 5.23. The zero-order valence-electron chi connectivity index (χ0n) is 7.68. The van der Waals surface area contributed by atoms with E-state index in [0.717, 1.165) is 0 Å². The van der Waals surface area contributed by atoms with Gasteiger partial charge in [-0.2, -0.15) is 5.26 Å². The highest BCUT2D eigenvalue weighted by Crippen LogP contribution is 2.58. The molecule has 1 heteroatoms. The fourth-order valence-corrected chi connectivity index (χ4v) is 1.59. The molecule has 0 aromatic carbocycles. The molecule has 0 heterocycles. The molecule has 0 saturated heterocycles. The van der Waals surface area contributed by atoms with E-state index in [1.54, 1.807) is 0 Å². The van der Waals surface area contributed by atoms with E-state index in [1.165, 1.54) is 5.57 Å². The lowest BCUT2D eigenvalue weighted by Gasteiger charge is -1.95. The number of nitriles is 1. The third-order valence-corrected chi connectivity index (χ3v) is 2.56. The van der Waals surface area contributed by atoms with Gasteiger partial charge in [0.2, 0.25) is 0 Å². The van der Waals surface area contributed by atoms with Crippen molar-refractivity contribution >= 4 is 0 Å². The maximum absolute atomic E-state index is 8.75. The minimum atomic E-state index is 0.228. The minimum absolute atomic E-state index is 0.228. The predicted molar refractivity (Wildman–Crippen MR) is 45.8 cm³/mol. The molecule has 0 unspecified atom stereocenters. The van der Waals surface area contributed by atoms with Crippen LogP contribution in [0.1, 0.15) is 27.7 Å². The van der Waals surface area contributed by atoms with Gasteiger partial charge < -0.3 is 0 Å². The van der Waals surface area contributed by atoms with Crippen LogP contribution in [0, 0.1) is 28.6 Å². The molecule has 0 aromatic rings. The predicted octanol–water partition coefficient (Wildman–Crippen LogP) is 2.75. The fourth-order valence-electron chi connectivity index (χ4n) is 1.59. The Hall–Kier alpha value is -0.770. The molecule has 1 nitrogen and oxygen atoms in total. The third kappa shape index (κ3) is 1.30. The van der Waals surface area contributed by atoms with E-state index in [1.807, 2.05) is 0 Å². The SMILES string of the molecule is CC(C)=C[C@@H]1[C@@H](C#N)C1(C)C. The summed E-state index contributed by atoms with van der Waals surface area (Å²) in [6.07, 6.45) is 2.22. The monoisotopic (exact) mass is 149 g/mol. The quantitative estimate of drug-likeness (QED) is 0.526. The number of allylic oxidation sites excluding steroid dienone is 2. The lowest BCUT2D eigenvalue weighted by atomic mass is 10.1. The van der Waals surface area contributed by atoms with Gasteiger partial charge in [0.1, 0.15) is 0 Å². The molecule has 0 aliphatic heterocycles. The second kappa shape index (κ2) is 2.37. The highest BCUT2D eigenvalue weighted by Gasteiger charge is 2.56. The molecule has 1 aliphatic carbocycles. The molecule has 0 bridgehead atoms. The molecule has 1 fully saturated rings. The molecule has 2 atom stereocenters. The first-order valence-electron chi connectivity index (χ1n) is 4.04. The van der Waals surface area contributed by atoms with Gasteiger partial charge >= 0.3 is 0 Å². The molecule has 0 radical (unpaired) electrons. The van der Waals surface area contributed by atoms with E-state index in [0.29, 0.717) is 5.92 Å². The summed E-state index contributed by atoms with van der Waals surface area (Å²) in [5.74, 6) is 0.745. The maximum atomic E-state index is 8.75. The van der Waals surface area contributed by atoms with Crippen LogP contribution in [0.4, 0.5) is 0 Å². The van der Waals surface area contributed by atoms with Gasteiger partial charge in [0.05, 0.1) is 12.0 Å². The van der Waals surface area contributed by atoms with Crippen molar-refractivity contribution in [3.63, 3.8) is 0 Å². The second-order valence-electron chi connectivity index (χ2n) is 4.20. The van der Waals surface area contributed by atoms with Crippen LogP contribution in [0.25, 0.3) is 0 Å². The first-order valence-corrected chi connectivity index (χ1v) is 4.04. The van der Waals surface area contributed by atoms with Crippen LogP contribution in [0.15, 0.2) is 11.6 Å². The zero-order chi connectivity index (χ0) is 8.65. The third-order valence-electron chi connectivity index (χ3n) is 2.56. The molecular formula is C10H15N. The summed E-state index contributed by atoms with van der Waals surface area (Å²) in [6, 6.07) is 2.34. The number of nitrogens with zero attached hydrogens (tertiary/aromatic N) is 1. The van der Waals surface area contributed by atoms with Gasteiger partial charge in [-0.25, -0.2) is 0 Å². The van der Waals surface area contributed by atoms with Crippen molar-refractivity contribution < 1.29 is 0 Å². The van der Waals surface area contributed by atoms with Crippen LogP contribution in [0.3, 0.4) is 0 Å². The Morgan fingerprint density at radius 2 is 2.00 bits per heavy atom. The Bertz CT molecular complexity index is 226. The van der Waals surface area contributed by atoms with Gasteiger partial charge in [0.15, 0.2) is 0 Å². The molecule has 0 aromatic heterocycles. The minimum Gasteiger partial charge on any atom is -0.198 e. The van der Waals surface area contributed by atoms with E-state index in [9.17, 15) is 0 Å².